The maximum Gasteiger partial charge on any atom is 0.0543 e. The van der Waals surface area contributed by atoms with Gasteiger partial charge in [-0.25, -0.2) is 0 Å². The summed E-state index contributed by atoms with van der Waals surface area (Å²) >= 11 is 6.28. The Hall–Kier alpha value is -1.38. The highest BCUT2D eigenvalue weighted by Crippen LogP contribution is 2.45. The van der Waals surface area contributed by atoms with Crippen molar-refractivity contribution in [2.45, 2.75) is 39.0 Å². The minimum Gasteiger partial charge on any atom is -0.316 e. The number of nitrogens with zero attached hydrogens (tertiary/aromatic N) is 1. The summed E-state index contributed by atoms with van der Waals surface area (Å²) in [6.07, 6.45) is 9.76. The van der Waals surface area contributed by atoms with Gasteiger partial charge in [0, 0.05) is 22.2 Å². The average Bonchev–Trinajstić information content (AvgIpc) is 2.70. The lowest BCUT2D eigenvalue weighted by Gasteiger charge is -2.33. The molecular formula is C20H23ClN2. The smallest absolute Gasteiger partial charge is 0.0543 e. The zero-order valence-corrected chi connectivity index (χ0v) is 14.4. The minimum absolute atomic E-state index is 0.146. The molecule has 2 nitrogen and oxygen atoms in total. The molecule has 1 aromatic carbocycles. The van der Waals surface area contributed by atoms with Crippen molar-refractivity contribution in [2.24, 2.45) is 10.4 Å². The molecule has 0 radical (unpaired) electrons. The summed E-state index contributed by atoms with van der Waals surface area (Å²) in [5, 5.41) is 4.32. The van der Waals surface area contributed by atoms with Crippen LogP contribution in [-0.2, 0) is 6.42 Å². The molecule has 1 atom stereocenters. The fourth-order valence-corrected chi connectivity index (χ4v) is 4.36. The lowest BCUT2D eigenvalue weighted by atomic mass is 9.73. The Bertz CT molecular complexity index is 721. The number of hydrogen-bond donors (Lipinski definition) is 1. The van der Waals surface area contributed by atoms with Crippen molar-refractivity contribution in [2.75, 3.05) is 13.1 Å². The van der Waals surface area contributed by atoms with Crippen LogP contribution in [0.1, 0.15) is 43.7 Å². The summed E-state index contributed by atoms with van der Waals surface area (Å²) < 4.78 is 0. The van der Waals surface area contributed by atoms with Gasteiger partial charge in [-0.05, 0) is 68.5 Å². The summed E-state index contributed by atoms with van der Waals surface area (Å²) in [5.41, 5.74) is 7.18. The number of benzene rings is 1. The number of fused-ring (bicyclic) bond motifs is 2. The number of allylic oxidation sites excluding steroid dienone is 2. The van der Waals surface area contributed by atoms with Crippen molar-refractivity contribution in [3.05, 3.63) is 52.2 Å². The monoisotopic (exact) mass is 326 g/mol. The molecule has 0 bridgehead atoms. The second-order valence-corrected chi connectivity index (χ2v) is 7.59. The maximum absolute atomic E-state index is 6.28. The van der Waals surface area contributed by atoms with E-state index in [4.69, 9.17) is 16.6 Å². The van der Waals surface area contributed by atoms with E-state index in [1.54, 1.807) is 5.57 Å². The third-order valence-corrected chi connectivity index (χ3v) is 5.76. The zero-order valence-electron chi connectivity index (χ0n) is 13.7. The second kappa shape index (κ2) is 5.92. The van der Waals surface area contributed by atoms with Crippen molar-refractivity contribution < 1.29 is 0 Å². The van der Waals surface area contributed by atoms with Crippen LogP contribution in [0, 0.1) is 5.41 Å². The van der Waals surface area contributed by atoms with Crippen LogP contribution in [0.25, 0.3) is 5.57 Å². The molecule has 23 heavy (non-hydrogen) atoms. The largest absolute Gasteiger partial charge is 0.316 e. The summed E-state index contributed by atoms with van der Waals surface area (Å²) in [7, 11) is 0. The zero-order chi connectivity index (χ0) is 15.9. The van der Waals surface area contributed by atoms with Crippen LogP contribution in [0.2, 0.25) is 5.02 Å². The Labute approximate surface area is 143 Å². The van der Waals surface area contributed by atoms with Gasteiger partial charge in [0.1, 0.15) is 0 Å². The Morgan fingerprint density at radius 2 is 2.00 bits per heavy atom. The van der Waals surface area contributed by atoms with Crippen molar-refractivity contribution in [1.29, 1.82) is 0 Å². The van der Waals surface area contributed by atoms with Gasteiger partial charge in [-0.15, -0.1) is 0 Å². The molecule has 3 heteroatoms. The number of nitrogens with one attached hydrogen (secondary N) is 1. The molecule has 120 valence electrons. The predicted octanol–water partition coefficient (Wildman–Crippen LogP) is 4.79. The molecule has 1 N–H and O–H groups in total. The third-order valence-electron chi connectivity index (χ3n) is 5.53. The van der Waals surface area contributed by atoms with Gasteiger partial charge in [0.05, 0.1) is 5.71 Å². The molecule has 4 rings (SSSR count). The number of aliphatic imine (C=N–C) groups is 1. The van der Waals surface area contributed by atoms with E-state index in [9.17, 15) is 0 Å². The number of aryl methyl sites for hydroxylation is 1. The summed E-state index contributed by atoms with van der Waals surface area (Å²) in [5.74, 6) is 0. The topological polar surface area (TPSA) is 24.4 Å². The number of piperidine rings is 1. The lowest BCUT2D eigenvalue weighted by Crippen LogP contribution is -2.31. The molecule has 0 spiro atoms. The van der Waals surface area contributed by atoms with E-state index in [-0.39, 0.29) is 5.41 Å². The van der Waals surface area contributed by atoms with Crippen LogP contribution in [0.3, 0.4) is 0 Å². The van der Waals surface area contributed by atoms with Crippen molar-refractivity contribution in [3.8, 4) is 0 Å². The highest BCUT2D eigenvalue weighted by atomic mass is 35.5. The normalized spacial score (nSPS) is 27.1. The maximum atomic E-state index is 6.28. The molecule has 1 unspecified atom stereocenters. The highest BCUT2D eigenvalue weighted by Gasteiger charge is 2.37. The van der Waals surface area contributed by atoms with Crippen LogP contribution < -0.4 is 5.32 Å². The molecule has 2 aliphatic heterocycles. The van der Waals surface area contributed by atoms with E-state index in [1.165, 1.54) is 22.4 Å². The fraction of sp³-hybridized carbons (Fsp3) is 0.450. The van der Waals surface area contributed by atoms with Gasteiger partial charge in [-0.1, -0.05) is 36.2 Å². The van der Waals surface area contributed by atoms with Crippen LogP contribution in [0.15, 0.2) is 41.0 Å². The van der Waals surface area contributed by atoms with Crippen LogP contribution in [0.5, 0.6) is 0 Å². The summed E-state index contributed by atoms with van der Waals surface area (Å²) in [6, 6.07) is 6.41. The number of hydrogen-bond acceptors (Lipinski definition) is 2. The van der Waals surface area contributed by atoms with Gasteiger partial charge < -0.3 is 5.32 Å². The highest BCUT2D eigenvalue weighted by molar-refractivity contribution is 6.31. The quantitative estimate of drug-likeness (QED) is 0.728. The van der Waals surface area contributed by atoms with Crippen molar-refractivity contribution in [1.82, 2.24) is 5.32 Å². The summed E-state index contributed by atoms with van der Waals surface area (Å²) in [6.45, 7) is 4.52. The van der Waals surface area contributed by atoms with E-state index in [0.717, 1.165) is 50.2 Å². The number of rotatable bonds is 0. The predicted molar refractivity (Wildman–Crippen MR) is 98.1 cm³/mol. The van der Waals surface area contributed by atoms with Crippen LogP contribution in [0.4, 0.5) is 0 Å². The van der Waals surface area contributed by atoms with E-state index in [1.807, 2.05) is 12.3 Å². The van der Waals surface area contributed by atoms with E-state index >= 15 is 0 Å². The van der Waals surface area contributed by atoms with E-state index in [2.05, 4.69) is 30.4 Å². The van der Waals surface area contributed by atoms with E-state index in [0.29, 0.717) is 0 Å². The molecule has 0 amide bonds. The first-order valence-corrected chi connectivity index (χ1v) is 9.00. The molecule has 1 saturated heterocycles. The van der Waals surface area contributed by atoms with Gasteiger partial charge in [0.15, 0.2) is 0 Å². The Balaban J connectivity index is 1.96. The molecular weight excluding hydrogens is 304 g/mol. The van der Waals surface area contributed by atoms with Gasteiger partial charge >= 0.3 is 0 Å². The first kappa shape index (κ1) is 15.2. The molecule has 1 aromatic rings. The average molecular weight is 327 g/mol. The molecule has 1 aliphatic carbocycles. The van der Waals surface area contributed by atoms with Crippen LogP contribution >= 0.6 is 11.6 Å². The van der Waals surface area contributed by atoms with E-state index < -0.39 is 0 Å². The SMILES string of the molecule is CC12CC=CN=C1C(=C1CCNCC1)c1ccc(Cl)cc1CC2. The first-order valence-electron chi connectivity index (χ1n) is 8.63. The number of halogens is 1. The lowest BCUT2D eigenvalue weighted by molar-refractivity contribution is 0.434. The molecule has 0 saturated carbocycles. The van der Waals surface area contributed by atoms with Gasteiger partial charge in [0.25, 0.3) is 0 Å². The van der Waals surface area contributed by atoms with Crippen molar-refractivity contribution >= 4 is 22.9 Å². The Morgan fingerprint density at radius 1 is 1.17 bits per heavy atom. The van der Waals surface area contributed by atoms with Crippen LogP contribution in [-0.4, -0.2) is 18.8 Å². The first-order chi connectivity index (χ1) is 11.2. The Kier molecular flexibility index (Phi) is 3.90. The molecule has 1 fully saturated rings. The van der Waals surface area contributed by atoms with Gasteiger partial charge in [-0.3, -0.25) is 4.99 Å². The van der Waals surface area contributed by atoms with Crippen molar-refractivity contribution in [3.63, 3.8) is 0 Å². The standard InChI is InChI=1S/C20H23ClN2/c1-20-8-2-10-23-19(20)18(14-6-11-22-12-7-14)17-4-3-16(21)13-15(17)5-9-20/h2-4,10,13,22H,5-9,11-12H2,1H3. The molecule has 0 aromatic heterocycles. The molecule has 2 heterocycles. The van der Waals surface area contributed by atoms with Gasteiger partial charge in [0.2, 0.25) is 0 Å². The minimum atomic E-state index is 0.146. The summed E-state index contributed by atoms with van der Waals surface area (Å²) in [4.78, 5) is 4.89. The van der Waals surface area contributed by atoms with Gasteiger partial charge in [-0.2, -0.15) is 0 Å². The fourth-order valence-electron chi connectivity index (χ4n) is 4.17. The molecule has 3 aliphatic rings. The Morgan fingerprint density at radius 3 is 2.83 bits per heavy atom. The second-order valence-electron chi connectivity index (χ2n) is 7.16. The third kappa shape index (κ3) is 2.68.